The topological polar surface area (TPSA) is 56.5 Å². The molecule has 4 heteroatoms. The quantitative estimate of drug-likeness (QED) is 0.713. The molecule has 0 aliphatic carbocycles. The summed E-state index contributed by atoms with van der Waals surface area (Å²) in [5.74, 6) is 0. The Labute approximate surface area is 104 Å². The van der Waals surface area contributed by atoms with E-state index in [1.54, 1.807) is 0 Å². The van der Waals surface area contributed by atoms with Crippen LogP contribution < -0.4 is 0 Å². The normalized spacial score (nSPS) is 22.4. The molecule has 0 aromatic rings. The molecule has 0 amide bonds. The number of nitriles is 1. The predicted molar refractivity (Wildman–Crippen MR) is 66.5 cm³/mol. The second-order valence-electron chi connectivity index (χ2n) is 5.43. The van der Waals surface area contributed by atoms with Gasteiger partial charge in [0.05, 0.1) is 30.8 Å². The van der Waals surface area contributed by atoms with Crippen molar-refractivity contribution in [2.45, 2.75) is 39.2 Å². The van der Waals surface area contributed by atoms with E-state index in [2.05, 4.69) is 11.0 Å². The number of unbranched alkanes of at least 4 members (excludes halogenated alkanes) is 1. The molecule has 0 aromatic heterocycles. The van der Waals surface area contributed by atoms with Crippen molar-refractivity contribution in [3.8, 4) is 6.07 Å². The number of aliphatic hydroxyl groups excluding tert-OH is 1. The fraction of sp³-hybridized carbons (Fsp3) is 0.923. The van der Waals surface area contributed by atoms with Gasteiger partial charge in [-0.05, 0) is 33.2 Å². The van der Waals surface area contributed by atoms with E-state index < -0.39 is 0 Å². The lowest BCUT2D eigenvalue weighted by Gasteiger charge is -2.32. The average molecular weight is 240 g/mol. The summed E-state index contributed by atoms with van der Waals surface area (Å²) >= 11 is 0. The van der Waals surface area contributed by atoms with E-state index >= 15 is 0 Å². The van der Waals surface area contributed by atoms with Crippen LogP contribution in [-0.4, -0.2) is 49.0 Å². The van der Waals surface area contributed by atoms with Crippen molar-refractivity contribution in [2.75, 3.05) is 32.8 Å². The standard InChI is InChI=1S/C13H24N2O2/c1-13(2,11-14)5-3-4-6-15-7-8-17-12(9-15)10-16/h12,16H,3-10H2,1-2H3. The van der Waals surface area contributed by atoms with Gasteiger partial charge in [0, 0.05) is 13.1 Å². The molecule has 0 bridgehead atoms. The highest BCUT2D eigenvalue weighted by atomic mass is 16.5. The molecule has 1 aliphatic rings. The van der Waals surface area contributed by atoms with E-state index in [1.165, 1.54) is 0 Å². The zero-order valence-electron chi connectivity index (χ0n) is 11.0. The van der Waals surface area contributed by atoms with Gasteiger partial charge in [0.25, 0.3) is 0 Å². The predicted octanol–water partition coefficient (Wildman–Crippen LogP) is 1.40. The van der Waals surface area contributed by atoms with Gasteiger partial charge in [0.1, 0.15) is 0 Å². The summed E-state index contributed by atoms with van der Waals surface area (Å²) in [7, 11) is 0. The van der Waals surface area contributed by atoms with Crippen LogP contribution in [-0.2, 0) is 4.74 Å². The van der Waals surface area contributed by atoms with E-state index in [-0.39, 0.29) is 18.1 Å². The smallest absolute Gasteiger partial charge is 0.0932 e. The molecular formula is C13H24N2O2. The maximum Gasteiger partial charge on any atom is 0.0932 e. The first-order chi connectivity index (χ1) is 8.07. The van der Waals surface area contributed by atoms with Gasteiger partial charge in [-0.2, -0.15) is 5.26 Å². The molecule has 0 aromatic carbocycles. The van der Waals surface area contributed by atoms with Crippen molar-refractivity contribution in [3.05, 3.63) is 0 Å². The van der Waals surface area contributed by atoms with E-state index in [9.17, 15) is 0 Å². The summed E-state index contributed by atoms with van der Waals surface area (Å²) in [6.07, 6.45) is 3.14. The van der Waals surface area contributed by atoms with Gasteiger partial charge in [-0.15, -0.1) is 0 Å². The maximum absolute atomic E-state index is 9.03. The minimum atomic E-state index is -0.196. The van der Waals surface area contributed by atoms with Crippen molar-refractivity contribution in [1.82, 2.24) is 4.90 Å². The first kappa shape index (κ1) is 14.4. The van der Waals surface area contributed by atoms with Gasteiger partial charge < -0.3 is 9.84 Å². The number of aliphatic hydroxyl groups is 1. The zero-order valence-corrected chi connectivity index (χ0v) is 11.0. The van der Waals surface area contributed by atoms with Gasteiger partial charge in [0.15, 0.2) is 0 Å². The minimum absolute atomic E-state index is 0.0145. The Morgan fingerprint density at radius 2 is 2.24 bits per heavy atom. The molecule has 1 rings (SSSR count). The Hall–Kier alpha value is -0.630. The molecule has 1 heterocycles. The molecule has 1 saturated heterocycles. The molecule has 0 spiro atoms. The maximum atomic E-state index is 9.03. The van der Waals surface area contributed by atoms with Crippen molar-refractivity contribution in [1.29, 1.82) is 5.26 Å². The van der Waals surface area contributed by atoms with Crippen molar-refractivity contribution < 1.29 is 9.84 Å². The van der Waals surface area contributed by atoms with E-state index in [1.807, 2.05) is 13.8 Å². The Morgan fingerprint density at radius 3 is 2.88 bits per heavy atom. The molecule has 0 saturated carbocycles. The highest BCUT2D eigenvalue weighted by Gasteiger charge is 2.20. The number of ether oxygens (including phenoxy) is 1. The van der Waals surface area contributed by atoms with Crippen molar-refractivity contribution in [3.63, 3.8) is 0 Å². The molecular weight excluding hydrogens is 216 g/mol. The molecule has 0 radical (unpaired) electrons. The Bertz CT molecular complexity index is 261. The lowest BCUT2D eigenvalue weighted by atomic mass is 9.89. The van der Waals surface area contributed by atoms with E-state index in [4.69, 9.17) is 15.1 Å². The van der Waals surface area contributed by atoms with Crippen LogP contribution >= 0.6 is 0 Å². The van der Waals surface area contributed by atoms with Crippen LogP contribution in [0.4, 0.5) is 0 Å². The number of hydrogen-bond acceptors (Lipinski definition) is 4. The minimum Gasteiger partial charge on any atom is -0.394 e. The molecule has 4 nitrogen and oxygen atoms in total. The first-order valence-electron chi connectivity index (χ1n) is 6.43. The molecule has 17 heavy (non-hydrogen) atoms. The lowest BCUT2D eigenvalue weighted by molar-refractivity contribution is -0.0530. The molecule has 1 aliphatic heterocycles. The second kappa shape index (κ2) is 6.95. The van der Waals surface area contributed by atoms with Crippen LogP contribution in [0, 0.1) is 16.7 Å². The number of morpholine rings is 1. The summed E-state index contributed by atoms with van der Waals surface area (Å²) in [6.45, 7) is 7.64. The van der Waals surface area contributed by atoms with Crippen LogP contribution in [0.25, 0.3) is 0 Å². The highest BCUT2D eigenvalue weighted by molar-refractivity contribution is 4.91. The van der Waals surface area contributed by atoms with Gasteiger partial charge in [0.2, 0.25) is 0 Å². The number of nitrogens with zero attached hydrogens (tertiary/aromatic N) is 2. The zero-order chi connectivity index (χ0) is 12.7. The van der Waals surface area contributed by atoms with Gasteiger partial charge in [-0.3, -0.25) is 4.90 Å². The fourth-order valence-electron chi connectivity index (χ4n) is 2.05. The largest absolute Gasteiger partial charge is 0.394 e. The highest BCUT2D eigenvalue weighted by Crippen LogP contribution is 2.21. The third-order valence-corrected chi connectivity index (χ3v) is 3.26. The van der Waals surface area contributed by atoms with Crippen LogP contribution in [0.3, 0.4) is 0 Å². The van der Waals surface area contributed by atoms with Crippen LogP contribution in [0.2, 0.25) is 0 Å². The first-order valence-corrected chi connectivity index (χ1v) is 6.43. The van der Waals surface area contributed by atoms with Crippen LogP contribution in [0.1, 0.15) is 33.1 Å². The Balaban J connectivity index is 2.12. The van der Waals surface area contributed by atoms with Gasteiger partial charge >= 0.3 is 0 Å². The van der Waals surface area contributed by atoms with E-state index in [0.717, 1.165) is 45.5 Å². The number of hydrogen-bond donors (Lipinski definition) is 1. The lowest BCUT2D eigenvalue weighted by Crippen LogP contribution is -2.44. The van der Waals surface area contributed by atoms with Gasteiger partial charge in [-0.1, -0.05) is 6.42 Å². The molecule has 98 valence electrons. The SMILES string of the molecule is CC(C)(C#N)CCCCN1CCOC(CO)C1. The number of rotatable bonds is 6. The third-order valence-electron chi connectivity index (χ3n) is 3.26. The summed E-state index contributed by atoms with van der Waals surface area (Å²) in [5.41, 5.74) is -0.196. The summed E-state index contributed by atoms with van der Waals surface area (Å²) in [5, 5.41) is 17.9. The van der Waals surface area contributed by atoms with Gasteiger partial charge in [-0.25, -0.2) is 0 Å². The second-order valence-corrected chi connectivity index (χ2v) is 5.43. The summed E-state index contributed by atoms with van der Waals surface area (Å²) < 4.78 is 5.40. The summed E-state index contributed by atoms with van der Waals surface area (Å²) in [6, 6.07) is 2.33. The third kappa shape index (κ3) is 5.49. The van der Waals surface area contributed by atoms with Crippen LogP contribution in [0.15, 0.2) is 0 Å². The monoisotopic (exact) mass is 240 g/mol. The van der Waals surface area contributed by atoms with Crippen LogP contribution in [0.5, 0.6) is 0 Å². The molecule has 1 atom stereocenters. The van der Waals surface area contributed by atoms with Crippen molar-refractivity contribution in [2.24, 2.45) is 5.41 Å². The fourth-order valence-corrected chi connectivity index (χ4v) is 2.05. The van der Waals surface area contributed by atoms with E-state index in [0.29, 0.717) is 0 Å². The summed E-state index contributed by atoms with van der Waals surface area (Å²) in [4.78, 5) is 2.34. The average Bonchev–Trinajstić information content (AvgIpc) is 2.35. The Kier molecular flexibility index (Phi) is 5.90. The molecule has 1 unspecified atom stereocenters. The molecule has 1 N–H and O–H groups in total. The van der Waals surface area contributed by atoms with Crippen molar-refractivity contribution >= 4 is 0 Å². The molecule has 1 fully saturated rings. The Morgan fingerprint density at radius 1 is 1.47 bits per heavy atom.